The van der Waals surface area contributed by atoms with Crippen molar-refractivity contribution in [3.05, 3.63) is 76.9 Å². The second-order valence-electron chi connectivity index (χ2n) is 8.38. The first-order chi connectivity index (χ1) is 16.2. The van der Waals surface area contributed by atoms with Crippen LogP contribution >= 0.6 is 0 Å². The van der Waals surface area contributed by atoms with Crippen molar-refractivity contribution in [3.8, 4) is 0 Å². The molecule has 9 heteroatoms. The molecule has 2 aromatic carbocycles. The van der Waals surface area contributed by atoms with Crippen LogP contribution in [0.5, 0.6) is 0 Å². The number of nitrogens with one attached hydrogen (secondary N) is 1. The standard InChI is InChI=1S/C25H26FN3O4S/c1-17-3-5-19(6-4-17)7-12-23-24(18(2)28-33-23)34(31,32)29-15-13-20(14-16-29)25(30)27-22-10-8-21(26)9-11-22/h3-12,20H,13-16H2,1-2H3,(H,27,30)/b12-7+. The molecule has 0 saturated carbocycles. The van der Waals surface area contributed by atoms with Crippen LogP contribution in [-0.2, 0) is 14.8 Å². The first-order valence-electron chi connectivity index (χ1n) is 11.0. The van der Waals surface area contributed by atoms with Crippen LogP contribution in [0.4, 0.5) is 10.1 Å². The molecule has 1 aliphatic heterocycles. The second kappa shape index (κ2) is 9.90. The van der Waals surface area contributed by atoms with Crippen LogP contribution < -0.4 is 5.32 Å². The highest BCUT2D eigenvalue weighted by Crippen LogP contribution is 2.29. The maximum atomic E-state index is 13.4. The Kier molecular flexibility index (Phi) is 6.95. The lowest BCUT2D eigenvalue weighted by Crippen LogP contribution is -2.41. The number of amides is 1. The maximum Gasteiger partial charge on any atom is 0.248 e. The third kappa shape index (κ3) is 5.26. The third-order valence-electron chi connectivity index (χ3n) is 5.87. The van der Waals surface area contributed by atoms with E-state index in [-0.39, 0.29) is 41.4 Å². The monoisotopic (exact) mass is 483 g/mol. The number of halogens is 1. The molecule has 1 aromatic heterocycles. The van der Waals surface area contributed by atoms with Gasteiger partial charge in [0.05, 0.1) is 0 Å². The second-order valence-corrected chi connectivity index (χ2v) is 10.3. The highest BCUT2D eigenvalue weighted by atomic mass is 32.2. The molecular formula is C25H26FN3O4S. The smallest absolute Gasteiger partial charge is 0.248 e. The Balaban J connectivity index is 1.44. The zero-order chi connectivity index (χ0) is 24.3. The number of rotatable bonds is 6. The van der Waals surface area contributed by atoms with Gasteiger partial charge in [0.2, 0.25) is 15.9 Å². The summed E-state index contributed by atoms with van der Waals surface area (Å²) in [5.41, 5.74) is 2.84. The minimum atomic E-state index is -3.85. The Labute approximate surface area is 198 Å². The van der Waals surface area contributed by atoms with Crippen LogP contribution in [0.2, 0.25) is 0 Å². The Bertz CT molecular complexity index is 1290. The van der Waals surface area contributed by atoms with Crippen LogP contribution in [0.1, 0.15) is 35.4 Å². The van der Waals surface area contributed by atoms with E-state index in [0.29, 0.717) is 24.2 Å². The normalized spacial score (nSPS) is 15.6. The van der Waals surface area contributed by atoms with E-state index < -0.39 is 10.0 Å². The number of benzene rings is 2. The molecule has 34 heavy (non-hydrogen) atoms. The fourth-order valence-corrected chi connectivity index (χ4v) is 5.63. The molecule has 0 atom stereocenters. The lowest BCUT2D eigenvalue weighted by Gasteiger charge is -2.30. The molecule has 1 saturated heterocycles. The number of nitrogens with zero attached hydrogens (tertiary/aromatic N) is 2. The molecule has 1 fully saturated rings. The molecule has 0 aliphatic carbocycles. The van der Waals surface area contributed by atoms with Gasteiger partial charge in [0.25, 0.3) is 0 Å². The summed E-state index contributed by atoms with van der Waals surface area (Å²) >= 11 is 0. The summed E-state index contributed by atoms with van der Waals surface area (Å²) in [6.45, 7) is 4.00. The first-order valence-corrected chi connectivity index (χ1v) is 12.5. The highest BCUT2D eigenvalue weighted by molar-refractivity contribution is 7.89. The summed E-state index contributed by atoms with van der Waals surface area (Å²) in [6.07, 6.45) is 4.15. The average Bonchev–Trinajstić information content (AvgIpc) is 3.21. The molecule has 0 radical (unpaired) electrons. The number of anilines is 1. The van der Waals surface area contributed by atoms with Crippen molar-refractivity contribution >= 4 is 33.8 Å². The van der Waals surface area contributed by atoms with Gasteiger partial charge < -0.3 is 9.84 Å². The number of carbonyl (C=O) groups excluding carboxylic acids is 1. The fraction of sp³-hybridized carbons (Fsp3) is 0.280. The SMILES string of the molecule is Cc1ccc(/C=C/c2onc(C)c2S(=O)(=O)N2CCC(C(=O)Nc3ccc(F)cc3)CC2)cc1. The summed E-state index contributed by atoms with van der Waals surface area (Å²) in [5, 5.41) is 6.64. The van der Waals surface area contributed by atoms with Gasteiger partial charge in [-0.15, -0.1) is 0 Å². The van der Waals surface area contributed by atoms with E-state index in [4.69, 9.17) is 4.52 Å². The Morgan fingerprint density at radius 3 is 2.35 bits per heavy atom. The van der Waals surface area contributed by atoms with Crippen LogP contribution in [0.15, 0.2) is 57.9 Å². The van der Waals surface area contributed by atoms with Crippen molar-refractivity contribution < 1.29 is 22.1 Å². The number of piperidine rings is 1. The Morgan fingerprint density at radius 1 is 1.06 bits per heavy atom. The molecule has 178 valence electrons. The van der Waals surface area contributed by atoms with Crippen LogP contribution in [0.3, 0.4) is 0 Å². The maximum absolute atomic E-state index is 13.4. The zero-order valence-corrected chi connectivity index (χ0v) is 19.8. The van der Waals surface area contributed by atoms with Crippen molar-refractivity contribution in [2.75, 3.05) is 18.4 Å². The summed E-state index contributed by atoms with van der Waals surface area (Å²) in [4.78, 5) is 12.6. The van der Waals surface area contributed by atoms with Gasteiger partial charge >= 0.3 is 0 Å². The van der Waals surface area contributed by atoms with E-state index in [9.17, 15) is 17.6 Å². The van der Waals surface area contributed by atoms with Crippen LogP contribution in [0, 0.1) is 25.6 Å². The zero-order valence-electron chi connectivity index (χ0n) is 19.0. The van der Waals surface area contributed by atoms with Crippen molar-refractivity contribution in [2.24, 2.45) is 5.92 Å². The van der Waals surface area contributed by atoms with Crippen LogP contribution in [0.25, 0.3) is 12.2 Å². The van der Waals surface area contributed by atoms with Gasteiger partial charge in [-0.1, -0.05) is 41.1 Å². The quantitative estimate of drug-likeness (QED) is 0.551. The number of aryl methyl sites for hydroxylation is 2. The molecule has 0 unspecified atom stereocenters. The summed E-state index contributed by atoms with van der Waals surface area (Å²) in [7, 11) is -3.85. The number of sulfonamides is 1. The molecular weight excluding hydrogens is 457 g/mol. The average molecular weight is 484 g/mol. The largest absolute Gasteiger partial charge is 0.355 e. The number of hydrogen-bond acceptors (Lipinski definition) is 5. The van der Waals surface area contributed by atoms with Gasteiger partial charge in [-0.2, -0.15) is 4.31 Å². The minimum absolute atomic E-state index is 0.0464. The Morgan fingerprint density at radius 2 is 1.71 bits per heavy atom. The predicted molar refractivity (Wildman–Crippen MR) is 128 cm³/mol. The van der Waals surface area contributed by atoms with E-state index in [0.717, 1.165) is 11.1 Å². The van der Waals surface area contributed by atoms with E-state index in [1.165, 1.54) is 28.6 Å². The number of carbonyl (C=O) groups is 1. The van der Waals surface area contributed by atoms with Crippen molar-refractivity contribution in [1.29, 1.82) is 0 Å². The molecule has 7 nitrogen and oxygen atoms in total. The summed E-state index contributed by atoms with van der Waals surface area (Å²) in [6, 6.07) is 13.4. The predicted octanol–water partition coefficient (Wildman–Crippen LogP) is 4.64. The topological polar surface area (TPSA) is 92.5 Å². The summed E-state index contributed by atoms with van der Waals surface area (Å²) in [5.74, 6) is -0.740. The lowest BCUT2D eigenvalue weighted by molar-refractivity contribution is -0.120. The van der Waals surface area contributed by atoms with E-state index in [2.05, 4.69) is 10.5 Å². The molecule has 0 spiro atoms. The van der Waals surface area contributed by atoms with Gasteiger partial charge in [0.15, 0.2) is 10.7 Å². The van der Waals surface area contributed by atoms with Crippen LogP contribution in [-0.4, -0.2) is 36.9 Å². The van der Waals surface area contributed by atoms with E-state index >= 15 is 0 Å². The van der Waals surface area contributed by atoms with Crippen molar-refractivity contribution in [2.45, 2.75) is 31.6 Å². The minimum Gasteiger partial charge on any atom is -0.355 e. The Hall–Kier alpha value is -3.30. The van der Waals surface area contributed by atoms with E-state index in [1.54, 1.807) is 19.1 Å². The molecule has 4 rings (SSSR count). The van der Waals surface area contributed by atoms with Gasteiger partial charge in [-0.05, 0) is 62.6 Å². The van der Waals surface area contributed by atoms with Gasteiger partial charge in [0.1, 0.15) is 11.5 Å². The molecule has 0 bridgehead atoms. The van der Waals surface area contributed by atoms with Gasteiger partial charge in [-0.25, -0.2) is 12.8 Å². The van der Waals surface area contributed by atoms with Crippen molar-refractivity contribution in [1.82, 2.24) is 9.46 Å². The van der Waals surface area contributed by atoms with Crippen molar-refractivity contribution in [3.63, 3.8) is 0 Å². The molecule has 1 aliphatic rings. The fourth-order valence-electron chi connectivity index (χ4n) is 3.91. The first kappa shape index (κ1) is 23.8. The van der Waals surface area contributed by atoms with Gasteiger partial charge in [-0.3, -0.25) is 4.79 Å². The highest BCUT2D eigenvalue weighted by Gasteiger charge is 2.35. The van der Waals surface area contributed by atoms with Gasteiger partial charge in [0, 0.05) is 24.7 Å². The molecule has 3 aromatic rings. The summed E-state index contributed by atoms with van der Waals surface area (Å²) < 4.78 is 46.6. The molecule has 1 N–H and O–H groups in total. The lowest BCUT2D eigenvalue weighted by atomic mass is 9.97. The number of hydrogen-bond donors (Lipinski definition) is 1. The third-order valence-corrected chi connectivity index (χ3v) is 7.93. The molecule has 2 heterocycles. The number of aromatic nitrogens is 1. The van der Waals surface area contributed by atoms with E-state index in [1.807, 2.05) is 31.2 Å². The molecule has 1 amide bonds.